The van der Waals surface area contributed by atoms with Crippen LogP contribution in [0.15, 0.2) is 42.9 Å². The molecule has 0 radical (unpaired) electrons. The Balaban J connectivity index is 2.06. The maximum Gasteiger partial charge on any atom is 0.192 e. The zero-order valence-electron chi connectivity index (χ0n) is 12.7. The van der Waals surface area contributed by atoms with Crippen molar-refractivity contribution < 1.29 is 14.1 Å². The van der Waals surface area contributed by atoms with Gasteiger partial charge in [-0.3, -0.25) is 0 Å². The molecule has 2 aromatic heterocycles. The smallest absolute Gasteiger partial charge is 0.192 e. The van der Waals surface area contributed by atoms with Gasteiger partial charge in [0, 0.05) is 11.1 Å². The summed E-state index contributed by atoms with van der Waals surface area (Å²) >= 11 is 5.93. The van der Waals surface area contributed by atoms with E-state index in [9.17, 15) is 4.39 Å². The molecule has 0 saturated heterocycles. The number of nitrogen functional groups attached to an aromatic ring is 1. The molecule has 6 nitrogen and oxygen atoms in total. The highest BCUT2D eigenvalue weighted by atomic mass is 35.5. The van der Waals surface area contributed by atoms with E-state index in [1.807, 2.05) is 0 Å². The molecule has 3 aromatic rings. The van der Waals surface area contributed by atoms with Crippen molar-refractivity contribution in [2.24, 2.45) is 0 Å². The van der Waals surface area contributed by atoms with E-state index in [-0.39, 0.29) is 11.4 Å². The Morgan fingerprint density at radius 2 is 2.17 bits per heavy atom. The van der Waals surface area contributed by atoms with Crippen LogP contribution in [0.25, 0.3) is 11.4 Å². The van der Waals surface area contributed by atoms with Crippen LogP contribution in [0, 0.1) is 5.82 Å². The van der Waals surface area contributed by atoms with E-state index in [4.69, 9.17) is 22.1 Å². The van der Waals surface area contributed by atoms with Crippen LogP contribution in [-0.4, -0.2) is 17.1 Å². The van der Waals surface area contributed by atoms with Gasteiger partial charge >= 0.3 is 0 Å². The monoisotopic (exact) mass is 346 g/mol. The third-order valence-corrected chi connectivity index (χ3v) is 3.53. The van der Waals surface area contributed by atoms with Crippen LogP contribution in [-0.2, 0) is 0 Å². The molecule has 0 unspecified atom stereocenters. The summed E-state index contributed by atoms with van der Waals surface area (Å²) in [6.07, 6.45) is 4.80. The third kappa shape index (κ3) is 3.21. The Hall–Kier alpha value is -2.93. The highest BCUT2D eigenvalue weighted by Crippen LogP contribution is 2.30. The SMILES string of the molecule is COc1cnc(-c2cc(Cl)ccc2F)nc1Nc1cc[nH+]cc1N. The first-order valence-corrected chi connectivity index (χ1v) is 7.35. The standard InChI is InChI=1S/C16H13ClFN5O/c1-24-14-8-21-15(10-6-9(17)2-3-11(10)18)23-16(14)22-13-4-5-20-7-12(13)19/h2-8H,19H2,1H3,(H,20,21,22,23)/p+1. The first-order valence-electron chi connectivity index (χ1n) is 6.97. The van der Waals surface area contributed by atoms with Gasteiger partial charge in [-0.15, -0.1) is 0 Å². The second-order valence-corrected chi connectivity index (χ2v) is 5.31. The zero-order chi connectivity index (χ0) is 17.1. The molecule has 0 amide bonds. The second-order valence-electron chi connectivity index (χ2n) is 4.87. The fourth-order valence-corrected chi connectivity index (χ4v) is 2.27. The van der Waals surface area contributed by atoms with Gasteiger partial charge < -0.3 is 15.8 Å². The molecule has 1 aromatic carbocycles. The zero-order valence-corrected chi connectivity index (χ0v) is 13.4. The molecule has 0 fully saturated rings. The van der Waals surface area contributed by atoms with Crippen molar-refractivity contribution in [3.63, 3.8) is 0 Å². The summed E-state index contributed by atoms with van der Waals surface area (Å²) < 4.78 is 19.3. The van der Waals surface area contributed by atoms with Crippen molar-refractivity contribution in [2.75, 3.05) is 18.2 Å². The average molecular weight is 347 g/mol. The Morgan fingerprint density at radius 1 is 1.33 bits per heavy atom. The van der Waals surface area contributed by atoms with Crippen LogP contribution >= 0.6 is 11.6 Å². The summed E-state index contributed by atoms with van der Waals surface area (Å²) in [5.74, 6) is 0.469. The highest BCUT2D eigenvalue weighted by molar-refractivity contribution is 6.30. The number of pyridine rings is 1. The summed E-state index contributed by atoms with van der Waals surface area (Å²) in [6.45, 7) is 0. The molecule has 24 heavy (non-hydrogen) atoms. The van der Waals surface area contributed by atoms with Gasteiger partial charge in [-0.2, -0.15) is 0 Å². The van der Waals surface area contributed by atoms with Gasteiger partial charge in [-0.05, 0) is 18.2 Å². The van der Waals surface area contributed by atoms with Gasteiger partial charge in [-0.25, -0.2) is 19.3 Å². The van der Waals surface area contributed by atoms with Crippen molar-refractivity contribution in [2.45, 2.75) is 0 Å². The predicted molar refractivity (Wildman–Crippen MR) is 89.7 cm³/mol. The van der Waals surface area contributed by atoms with E-state index in [2.05, 4.69) is 20.3 Å². The molecule has 0 aliphatic heterocycles. The van der Waals surface area contributed by atoms with Crippen LogP contribution in [0.3, 0.4) is 0 Å². The molecule has 122 valence electrons. The van der Waals surface area contributed by atoms with Crippen LogP contribution in [0.1, 0.15) is 0 Å². The minimum Gasteiger partial charge on any atom is -0.491 e. The number of hydrogen-bond acceptors (Lipinski definition) is 5. The van der Waals surface area contributed by atoms with Crippen molar-refractivity contribution in [3.8, 4) is 17.1 Å². The summed E-state index contributed by atoms with van der Waals surface area (Å²) in [5, 5.41) is 3.45. The minimum atomic E-state index is -0.468. The molecule has 2 heterocycles. The molecular weight excluding hydrogens is 333 g/mol. The van der Waals surface area contributed by atoms with E-state index < -0.39 is 5.82 Å². The molecule has 8 heteroatoms. The molecular formula is C16H14ClFN5O+. The van der Waals surface area contributed by atoms with Gasteiger partial charge in [0.1, 0.15) is 11.5 Å². The number of methoxy groups -OCH3 is 1. The maximum absolute atomic E-state index is 14.0. The molecule has 0 saturated carbocycles. The maximum atomic E-state index is 14.0. The second kappa shape index (κ2) is 6.67. The summed E-state index contributed by atoms with van der Waals surface area (Å²) in [5.41, 5.74) is 7.22. The number of nitrogens with one attached hydrogen (secondary N) is 2. The number of aromatic amines is 1. The van der Waals surface area contributed by atoms with Crippen LogP contribution in [0.5, 0.6) is 5.75 Å². The lowest BCUT2D eigenvalue weighted by molar-refractivity contribution is -0.376. The molecule has 4 N–H and O–H groups in total. The molecule has 3 rings (SSSR count). The third-order valence-electron chi connectivity index (χ3n) is 3.29. The lowest BCUT2D eigenvalue weighted by atomic mass is 10.2. The summed E-state index contributed by atoms with van der Waals surface area (Å²) in [7, 11) is 1.49. The number of hydrogen-bond donors (Lipinski definition) is 2. The number of nitrogens with zero attached hydrogens (tertiary/aromatic N) is 2. The quantitative estimate of drug-likeness (QED) is 0.758. The number of rotatable bonds is 4. The number of ether oxygens (including phenoxy) is 1. The van der Waals surface area contributed by atoms with E-state index in [1.165, 1.54) is 31.5 Å². The van der Waals surface area contributed by atoms with E-state index in [0.29, 0.717) is 28.0 Å². The van der Waals surface area contributed by atoms with Crippen molar-refractivity contribution in [1.29, 1.82) is 0 Å². The molecule has 0 spiro atoms. The van der Waals surface area contributed by atoms with Gasteiger partial charge in [0.2, 0.25) is 0 Å². The summed E-state index contributed by atoms with van der Waals surface area (Å²) in [4.78, 5) is 11.3. The minimum absolute atomic E-state index is 0.180. The number of benzene rings is 1. The van der Waals surface area contributed by atoms with Crippen LogP contribution in [0.2, 0.25) is 5.02 Å². The lowest BCUT2D eigenvalue weighted by Gasteiger charge is -2.12. The topological polar surface area (TPSA) is 87.2 Å². The predicted octanol–water partition coefficient (Wildman–Crippen LogP) is 3.08. The van der Waals surface area contributed by atoms with Crippen LogP contribution in [0.4, 0.5) is 21.6 Å². The van der Waals surface area contributed by atoms with Crippen molar-refractivity contribution >= 4 is 28.8 Å². The Morgan fingerprint density at radius 3 is 2.92 bits per heavy atom. The molecule has 0 aliphatic carbocycles. The first kappa shape index (κ1) is 15.9. The van der Waals surface area contributed by atoms with Crippen molar-refractivity contribution in [3.05, 3.63) is 53.7 Å². The number of nitrogens with two attached hydrogens (primary N) is 1. The fourth-order valence-electron chi connectivity index (χ4n) is 2.09. The number of anilines is 3. The average Bonchev–Trinajstić information content (AvgIpc) is 2.59. The first-order chi connectivity index (χ1) is 11.6. The van der Waals surface area contributed by atoms with E-state index in [0.717, 1.165) is 0 Å². The van der Waals surface area contributed by atoms with Gasteiger partial charge in [0.25, 0.3) is 0 Å². The number of aromatic nitrogens is 3. The van der Waals surface area contributed by atoms with Crippen LogP contribution < -0.4 is 20.8 Å². The van der Waals surface area contributed by atoms with Gasteiger partial charge in [-0.1, -0.05) is 11.6 Å². The van der Waals surface area contributed by atoms with Crippen molar-refractivity contribution in [1.82, 2.24) is 9.97 Å². The molecule has 0 aliphatic rings. The van der Waals surface area contributed by atoms with E-state index in [1.54, 1.807) is 18.5 Å². The number of halogens is 2. The molecule has 0 bridgehead atoms. The Bertz CT molecular complexity index is 890. The Labute approximate surface area is 142 Å². The Kier molecular flexibility index (Phi) is 4.43. The number of H-pyrrole nitrogens is 1. The summed E-state index contributed by atoms with van der Waals surface area (Å²) in [6, 6.07) is 5.94. The largest absolute Gasteiger partial charge is 0.491 e. The fraction of sp³-hybridized carbons (Fsp3) is 0.0625. The highest BCUT2D eigenvalue weighted by Gasteiger charge is 2.14. The molecule has 0 atom stereocenters. The normalized spacial score (nSPS) is 10.5. The van der Waals surface area contributed by atoms with Gasteiger partial charge in [0.05, 0.1) is 24.6 Å². The van der Waals surface area contributed by atoms with E-state index >= 15 is 0 Å². The van der Waals surface area contributed by atoms with Gasteiger partial charge in [0.15, 0.2) is 29.8 Å². The lowest BCUT2D eigenvalue weighted by Crippen LogP contribution is -2.07.